The summed E-state index contributed by atoms with van der Waals surface area (Å²) < 4.78 is 15.4. The van der Waals surface area contributed by atoms with Crippen LogP contribution in [0.5, 0.6) is 23.0 Å². The molecule has 0 amide bonds. The largest absolute Gasteiger partial charge is 0.506 e. The number of hydrogen-bond acceptors (Lipinski definition) is 10. The zero-order valence-electron chi connectivity index (χ0n) is 19.4. The lowest BCUT2D eigenvalue weighted by Gasteiger charge is -2.18. The number of phenolic OH excluding ortho intramolecular Hbond substituents is 1. The molecule has 0 spiro atoms. The summed E-state index contributed by atoms with van der Waals surface area (Å²) in [5.74, 6) is -2.49. The van der Waals surface area contributed by atoms with Crippen molar-refractivity contribution in [2.45, 2.75) is 33.6 Å². The highest BCUT2D eigenvalue weighted by Crippen LogP contribution is 2.51. The molecule has 0 atom stereocenters. The van der Waals surface area contributed by atoms with Gasteiger partial charge in [0.2, 0.25) is 0 Å². The third-order valence-electron chi connectivity index (χ3n) is 5.19. The van der Waals surface area contributed by atoms with Crippen LogP contribution in [-0.2, 0) is 9.47 Å². The van der Waals surface area contributed by atoms with Crippen LogP contribution < -0.4 is 4.74 Å². The molecule has 10 heteroatoms. The van der Waals surface area contributed by atoms with Gasteiger partial charge in [0.15, 0.2) is 11.5 Å². The predicted molar refractivity (Wildman–Crippen MR) is 129 cm³/mol. The molecule has 0 aliphatic heterocycles. The number of phenols is 1. The first-order valence-corrected chi connectivity index (χ1v) is 12.1. The fourth-order valence-corrected chi connectivity index (χ4v) is 6.12. The Morgan fingerprint density at radius 2 is 1.35 bits per heavy atom. The minimum Gasteiger partial charge on any atom is -0.506 e. The zero-order chi connectivity index (χ0) is 25.2. The number of methoxy groups -OCH3 is 1. The van der Waals surface area contributed by atoms with Crippen LogP contribution in [0.25, 0.3) is 0 Å². The van der Waals surface area contributed by atoms with Gasteiger partial charge in [0.05, 0.1) is 36.0 Å². The molecule has 0 aliphatic rings. The molecule has 3 rings (SSSR count). The van der Waals surface area contributed by atoms with Crippen molar-refractivity contribution in [2.24, 2.45) is 0 Å². The molecule has 3 N–H and O–H groups in total. The average Bonchev–Trinajstić information content (AvgIpc) is 3.24. The first-order chi connectivity index (χ1) is 16.2. The highest BCUT2D eigenvalue weighted by molar-refractivity contribution is 7.14. The van der Waals surface area contributed by atoms with E-state index < -0.39 is 17.9 Å². The maximum atomic E-state index is 12.5. The number of esters is 2. The van der Waals surface area contributed by atoms with Gasteiger partial charge in [-0.3, -0.25) is 0 Å². The molecule has 2 heterocycles. The Kier molecular flexibility index (Phi) is 7.73. The molecule has 34 heavy (non-hydrogen) atoms. The Labute approximate surface area is 205 Å². The van der Waals surface area contributed by atoms with E-state index in [4.69, 9.17) is 14.2 Å². The monoisotopic (exact) mass is 506 g/mol. The van der Waals surface area contributed by atoms with Crippen molar-refractivity contribution in [1.29, 1.82) is 0 Å². The van der Waals surface area contributed by atoms with Gasteiger partial charge in [-0.15, -0.1) is 22.7 Å². The maximum absolute atomic E-state index is 12.5. The minimum absolute atomic E-state index is 0.0518. The number of rotatable bonds is 8. The molecule has 0 bridgehead atoms. The van der Waals surface area contributed by atoms with Gasteiger partial charge in [0.25, 0.3) is 0 Å². The third kappa shape index (κ3) is 4.55. The summed E-state index contributed by atoms with van der Waals surface area (Å²) >= 11 is 2.36. The second-order valence-electron chi connectivity index (χ2n) is 7.30. The van der Waals surface area contributed by atoms with Gasteiger partial charge < -0.3 is 29.5 Å². The van der Waals surface area contributed by atoms with E-state index in [0.717, 1.165) is 0 Å². The first kappa shape index (κ1) is 25.4. The van der Waals surface area contributed by atoms with E-state index >= 15 is 0 Å². The second kappa shape index (κ2) is 10.4. The van der Waals surface area contributed by atoms with Gasteiger partial charge in [-0.05, 0) is 45.4 Å². The van der Waals surface area contributed by atoms with Gasteiger partial charge in [0, 0.05) is 9.75 Å². The number of carbonyl (C=O) groups is 2. The molecular formula is C24H26O8S2. The SMILES string of the molecule is CCOC(=O)c1c(C)sc(C(c2ccc(O)c(OC)c2)c2sc(C)c(C(=O)OCC)c2O)c1O. The molecule has 3 aromatic rings. The van der Waals surface area contributed by atoms with E-state index in [2.05, 4.69) is 0 Å². The van der Waals surface area contributed by atoms with Crippen molar-refractivity contribution in [3.63, 3.8) is 0 Å². The average molecular weight is 507 g/mol. The van der Waals surface area contributed by atoms with Crippen LogP contribution in [0.15, 0.2) is 18.2 Å². The van der Waals surface area contributed by atoms with Crippen molar-refractivity contribution in [3.8, 4) is 23.0 Å². The van der Waals surface area contributed by atoms with Crippen molar-refractivity contribution >= 4 is 34.6 Å². The molecule has 0 saturated heterocycles. The molecule has 0 fully saturated rings. The fourth-order valence-electron chi connectivity index (χ4n) is 3.68. The van der Waals surface area contributed by atoms with Crippen molar-refractivity contribution < 1.29 is 39.1 Å². The zero-order valence-corrected chi connectivity index (χ0v) is 21.1. The summed E-state index contributed by atoms with van der Waals surface area (Å²) in [6.07, 6.45) is 0. The van der Waals surface area contributed by atoms with Gasteiger partial charge in [-0.2, -0.15) is 0 Å². The Morgan fingerprint density at radius 1 is 0.882 bits per heavy atom. The van der Waals surface area contributed by atoms with Crippen LogP contribution in [0.1, 0.15) is 65.6 Å². The molecule has 182 valence electrons. The van der Waals surface area contributed by atoms with Crippen molar-refractivity contribution in [2.75, 3.05) is 20.3 Å². The summed E-state index contributed by atoms with van der Waals surface area (Å²) in [5, 5.41) is 32.3. The smallest absolute Gasteiger partial charge is 0.343 e. The number of ether oxygens (including phenoxy) is 3. The number of aryl methyl sites for hydroxylation is 2. The molecule has 2 aromatic heterocycles. The number of aromatic hydroxyl groups is 3. The van der Waals surface area contributed by atoms with E-state index in [0.29, 0.717) is 25.1 Å². The fraction of sp³-hybridized carbons (Fsp3) is 0.333. The highest BCUT2D eigenvalue weighted by atomic mass is 32.1. The number of benzene rings is 1. The highest BCUT2D eigenvalue weighted by Gasteiger charge is 2.34. The Morgan fingerprint density at radius 3 is 1.76 bits per heavy atom. The van der Waals surface area contributed by atoms with E-state index in [9.17, 15) is 24.9 Å². The van der Waals surface area contributed by atoms with Gasteiger partial charge >= 0.3 is 11.9 Å². The Balaban J connectivity index is 2.29. The van der Waals surface area contributed by atoms with Crippen LogP contribution >= 0.6 is 22.7 Å². The number of hydrogen-bond donors (Lipinski definition) is 3. The Bertz CT molecular complexity index is 1160. The van der Waals surface area contributed by atoms with E-state index in [-0.39, 0.29) is 47.3 Å². The molecule has 0 radical (unpaired) electrons. The van der Waals surface area contributed by atoms with Crippen LogP contribution in [0, 0.1) is 13.8 Å². The molecule has 8 nitrogen and oxygen atoms in total. The van der Waals surface area contributed by atoms with Crippen molar-refractivity contribution in [3.05, 3.63) is 54.4 Å². The topological polar surface area (TPSA) is 123 Å². The third-order valence-corrected chi connectivity index (χ3v) is 7.51. The second-order valence-corrected chi connectivity index (χ2v) is 9.81. The van der Waals surface area contributed by atoms with Gasteiger partial charge in [0.1, 0.15) is 22.6 Å². The van der Waals surface area contributed by atoms with Gasteiger partial charge in [-0.25, -0.2) is 9.59 Å². The lowest BCUT2D eigenvalue weighted by atomic mass is 9.93. The quantitative estimate of drug-likeness (QED) is 0.361. The van der Waals surface area contributed by atoms with Crippen molar-refractivity contribution in [1.82, 2.24) is 0 Å². The Hall–Kier alpha value is -3.24. The van der Waals surface area contributed by atoms with E-state index in [1.54, 1.807) is 39.8 Å². The lowest BCUT2D eigenvalue weighted by Crippen LogP contribution is -2.07. The van der Waals surface area contributed by atoms with Crippen LogP contribution in [-0.4, -0.2) is 47.6 Å². The first-order valence-electron chi connectivity index (χ1n) is 10.5. The van der Waals surface area contributed by atoms with E-state index in [1.807, 2.05) is 0 Å². The van der Waals surface area contributed by atoms with Crippen LogP contribution in [0.3, 0.4) is 0 Å². The molecule has 1 aromatic carbocycles. The summed E-state index contributed by atoms with van der Waals surface area (Å²) in [6, 6.07) is 4.64. The summed E-state index contributed by atoms with van der Waals surface area (Å²) in [5.41, 5.74) is 0.667. The number of carbonyl (C=O) groups excluding carboxylic acids is 2. The lowest BCUT2D eigenvalue weighted by molar-refractivity contribution is 0.0513. The maximum Gasteiger partial charge on any atom is 0.343 e. The summed E-state index contributed by atoms with van der Waals surface area (Å²) in [7, 11) is 1.41. The van der Waals surface area contributed by atoms with Crippen LogP contribution in [0.2, 0.25) is 0 Å². The molecular weight excluding hydrogens is 480 g/mol. The van der Waals surface area contributed by atoms with E-state index in [1.165, 1.54) is 35.8 Å². The summed E-state index contributed by atoms with van der Waals surface area (Å²) in [6.45, 7) is 7.03. The standard InChI is InChI=1S/C24H26O8S2/c1-6-31-23(28)16-11(3)33-21(19(16)26)18(13-8-9-14(25)15(10-13)30-5)22-20(27)17(12(4)34-22)24(29)32-7-2/h8-10,18,25-27H,6-7H2,1-5H3. The molecule has 0 aliphatic carbocycles. The van der Waals surface area contributed by atoms with Gasteiger partial charge in [-0.1, -0.05) is 6.07 Å². The normalized spacial score (nSPS) is 11.0. The number of thiophene rings is 2. The molecule has 0 unspecified atom stereocenters. The predicted octanol–water partition coefficient (Wildman–Crippen LogP) is 5.09. The minimum atomic E-state index is -0.770. The van der Waals surface area contributed by atoms with Crippen LogP contribution in [0.4, 0.5) is 0 Å². The molecule has 0 saturated carbocycles. The summed E-state index contributed by atoms with van der Waals surface area (Å²) in [4.78, 5) is 26.8.